The monoisotopic (exact) mass is 379 g/mol. The van der Waals surface area contributed by atoms with Gasteiger partial charge in [-0.15, -0.1) is 0 Å². The Morgan fingerprint density at radius 1 is 1.30 bits per heavy atom. The fourth-order valence-corrected chi connectivity index (χ4v) is 3.45. The molecule has 1 N–H and O–H groups in total. The second-order valence-corrected chi connectivity index (χ2v) is 6.97. The second kappa shape index (κ2) is 7.37. The van der Waals surface area contributed by atoms with E-state index in [0.717, 1.165) is 28.5 Å². The SMILES string of the molecule is COc1cc(/C=N/NC(=O)[C@@H]2C[C@H]2c2cccc(Cl)c2)cc2cccnc12. The molecule has 2 aromatic carbocycles. The number of pyridine rings is 1. The number of amides is 1. The van der Waals surface area contributed by atoms with Gasteiger partial charge in [0.1, 0.15) is 11.3 Å². The number of aromatic nitrogens is 1. The van der Waals surface area contributed by atoms with Crippen LogP contribution in [0.1, 0.15) is 23.5 Å². The van der Waals surface area contributed by atoms with Gasteiger partial charge in [0.2, 0.25) is 5.91 Å². The number of rotatable bonds is 5. The van der Waals surface area contributed by atoms with E-state index < -0.39 is 0 Å². The first-order valence-corrected chi connectivity index (χ1v) is 9.04. The lowest BCUT2D eigenvalue weighted by Crippen LogP contribution is -2.20. The van der Waals surface area contributed by atoms with E-state index in [1.54, 1.807) is 19.5 Å². The average molecular weight is 380 g/mol. The van der Waals surface area contributed by atoms with Crippen molar-refractivity contribution in [3.05, 3.63) is 70.9 Å². The maximum Gasteiger partial charge on any atom is 0.243 e. The van der Waals surface area contributed by atoms with Crippen LogP contribution in [0.3, 0.4) is 0 Å². The Hall–Kier alpha value is -2.92. The number of hydrazone groups is 1. The Kier molecular flexibility index (Phi) is 4.77. The van der Waals surface area contributed by atoms with Gasteiger partial charge >= 0.3 is 0 Å². The van der Waals surface area contributed by atoms with E-state index in [1.807, 2.05) is 48.5 Å². The number of carbonyl (C=O) groups is 1. The molecule has 1 aliphatic carbocycles. The number of fused-ring (bicyclic) bond motifs is 1. The molecule has 5 nitrogen and oxygen atoms in total. The molecule has 1 aliphatic rings. The first-order valence-electron chi connectivity index (χ1n) is 8.67. The Labute approximate surface area is 162 Å². The molecular weight excluding hydrogens is 362 g/mol. The van der Waals surface area contributed by atoms with Gasteiger partial charge in [0.05, 0.1) is 13.3 Å². The van der Waals surface area contributed by atoms with E-state index in [4.69, 9.17) is 16.3 Å². The minimum absolute atomic E-state index is 0.0593. The summed E-state index contributed by atoms with van der Waals surface area (Å²) in [5, 5.41) is 5.75. The highest BCUT2D eigenvalue weighted by atomic mass is 35.5. The summed E-state index contributed by atoms with van der Waals surface area (Å²) in [4.78, 5) is 16.6. The number of ether oxygens (including phenoxy) is 1. The quantitative estimate of drug-likeness (QED) is 0.535. The van der Waals surface area contributed by atoms with Crippen molar-refractivity contribution in [2.75, 3.05) is 7.11 Å². The van der Waals surface area contributed by atoms with Crippen LogP contribution in [0.2, 0.25) is 5.02 Å². The van der Waals surface area contributed by atoms with Crippen LogP contribution in [0.15, 0.2) is 59.8 Å². The Morgan fingerprint density at radius 2 is 2.19 bits per heavy atom. The first kappa shape index (κ1) is 17.5. The highest BCUT2D eigenvalue weighted by Crippen LogP contribution is 2.47. The molecule has 0 unspecified atom stereocenters. The minimum atomic E-state index is -0.0781. The number of methoxy groups -OCH3 is 1. The van der Waals surface area contributed by atoms with Crippen molar-refractivity contribution in [3.8, 4) is 5.75 Å². The molecule has 27 heavy (non-hydrogen) atoms. The van der Waals surface area contributed by atoms with Gasteiger partial charge in [-0.25, -0.2) is 5.43 Å². The fourth-order valence-electron chi connectivity index (χ4n) is 3.25. The molecule has 136 valence electrons. The predicted molar refractivity (Wildman–Crippen MR) is 106 cm³/mol. The molecular formula is C21H18ClN3O2. The normalized spacial score (nSPS) is 18.6. The molecule has 1 heterocycles. The van der Waals surface area contributed by atoms with Crippen molar-refractivity contribution in [1.82, 2.24) is 10.4 Å². The Bertz CT molecular complexity index is 1030. The van der Waals surface area contributed by atoms with Gasteiger partial charge in [-0.3, -0.25) is 9.78 Å². The van der Waals surface area contributed by atoms with E-state index in [1.165, 1.54) is 0 Å². The summed E-state index contributed by atoms with van der Waals surface area (Å²) < 4.78 is 5.39. The van der Waals surface area contributed by atoms with Crippen molar-refractivity contribution in [3.63, 3.8) is 0 Å². The van der Waals surface area contributed by atoms with E-state index in [9.17, 15) is 4.79 Å². The third-order valence-electron chi connectivity index (χ3n) is 4.70. The van der Waals surface area contributed by atoms with Gasteiger partial charge in [-0.1, -0.05) is 29.8 Å². The van der Waals surface area contributed by atoms with Crippen LogP contribution in [-0.4, -0.2) is 24.2 Å². The van der Waals surface area contributed by atoms with Crippen molar-refractivity contribution in [2.45, 2.75) is 12.3 Å². The Morgan fingerprint density at radius 3 is 3.00 bits per heavy atom. The van der Waals surface area contributed by atoms with Gasteiger partial charge in [0.15, 0.2) is 0 Å². The van der Waals surface area contributed by atoms with Crippen LogP contribution < -0.4 is 10.2 Å². The van der Waals surface area contributed by atoms with Gasteiger partial charge < -0.3 is 4.74 Å². The third kappa shape index (κ3) is 3.78. The topological polar surface area (TPSA) is 63.6 Å². The van der Waals surface area contributed by atoms with Crippen LogP contribution in [-0.2, 0) is 4.79 Å². The molecule has 0 aliphatic heterocycles. The molecule has 1 aromatic heterocycles. The number of hydrogen-bond donors (Lipinski definition) is 1. The number of carbonyl (C=O) groups excluding carboxylic acids is 1. The van der Waals surface area contributed by atoms with Crippen LogP contribution in [0.25, 0.3) is 10.9 Å². The van der Waals surface area contributed by atoms with Crippen LogP contribution >= 0.6 is 11.6 Å². The summed E-state index contributed by atoms with van der Waals surface area (Å²) in [5.74, 6) is 0.747. The zero-order valence-electron chi connectivity index (χ0n) is 14.7. The lowest BCUT2D eigenvalue weighted by atomic mass is 10.1. The molecule has 3 aromatic rings. The molecule has 2 atom stereocenters. The summed E-state index contributed by atoms with van der Waals surface area (Å²) >= 11 is 6.02. The lowest BCUT2D eigenvalue weighted by Gasteiger charge is -2.06. The molecule has 1 saturated carbocycles. The van der Waals surface area contributed by atoms with Crippen LogP contribution in [0, 0.1) is 5.92 Å². The predicted octanol–water partition coefficient (Wildman–Crippen LogP) is 4.15. The standard InChI is InChI=1S/C21H18ClN3O2/c1-27-19-9-13(8-15-5-3-7-23-20(15)19)12-24-25-21(26)18-11-17(18)14-4-2-6-16(22)10-14/h2-10,12,17-18H,11H2,1H3,(H,25,26)/b24-12+/t17-,18+/m0/s1. The largest absolute Gasteiger partial charge is 0.494 e. The molecule has 1 amide bonds. The average Bonchev–Trinajstić information content (AvgIpc) is 3.48. The van der Waals surface area contributed by atoms with Crippen LogP contribution in [0.4, 0.5) is 0 Å². The van der Waals surface area contributed by atoms with E-state index in [2.05, 4.69) is 15.5 Å². The summed E-state index contributed by atoms with van der Waals surface area (Å²) in [6.45, 7) is 0. The van der Waals surface area contributed by atoms with Crippen molar-refractivity contribution < 1.29 is 9.53 Å². The number of hydrogen-bond acceptors (Lipinski definition) is 4. The maximum absolute atomic E-state index is 12.3. The number of nitrogens with zero attached hydrogens (tertiary/aromatic N) is 2. The summed E-state index contributed by atoms with van der Waals surface area (Å²) in [7, 11) is 1.61. The molecule has 0 spiro atoms. The second-order valence-electron chi connectivity index (χ2n) is 6.54. The number of benzene rings is 2. The molecule has 0 bridgehead atoms. The highest BCUT2D eigenvalue weighted by Gasteiger charge is 2.43. The fraction of sp³-hybridized carbons (Fsp3) is 0.190. The van der Waals surface area contributed by atoms with Gasteiger partial charge in [-0.2, -0.15) is 5.10 Å². The molecule has 4 rings (SSSR count). The Balaban J connectivity index is 1.42. The summed E-state index contributed by atoms with van der Waals surface area (Å²) in [6, 6.07) is 15.3. The van der Waals surface area contributed by atoms with Crippen molar-refractivity contribution in [2.24, 2.45) is 11.0 Å². The maximum atomic E-state index is 12.3. The zero-order chi connectivity index (χ0) is 18.8. The van der Waals surface area contributed by atoms with Crippen molar-refractivity contribution >= 4 is 34.6 Å². The van der Waals surface area contributed by atoms with Gasteiger partial charge in [0, 0.05) is 22.5 Å². The smallest absolute Gasteiger partial charge is 0.243 e. The van der Waals surface area contributed by atoms with Crippen LogP contribution in [0.5, 0.6) is 5.75 Å². The van der Waals surface area contributed by atoms with Gasteiger partial charge in [0.25, 0.3) is 0 Å². The van der Waals surface area contributed by atoms with Gasteiger partial charge in [-0.05, 0) is 53.8 Å². The van der Waals surface area contributed by atoms with E-state index >= 15 is 0 Å². The molecule has 1 fully saturated rings. The number of halogens is 1. The number of nitrogens with one attached hydrogen (secondary N) is 1. The van der Waals surface area contributed by atoms with E-state index in [0.29, 0.717) is 10.8 Å². The molecule has 6 heteroatoms. The summed E-state index contributed by atoms with van der Waals surface area (Å²) in [6.07, 6.45) is 4.16. The van der Waals surface area contributed by atoms with Crippen molar-refractivity contribution in [1.29, 1.82) is 0 Å². The highest BCUT2D eigenvalue weighted by molar-refractivity contribution is 6.30. The lowest BCUT2D eigenvalue weighted by molar-refractivity contribution is -0.122. The van der Waals surface area contributed by atoms with E-state index in [-0.39, 0.29) is 17.7 Å². The molecule has 0 saturated heterocycles. The minimum Gasteiger partial charge on any atom is -0.494 e. The third-order valence-corrected chi connectivity index (χ3v) is 4.94. The zero-order valence-corrected chi connectivity index (χ0v) is 15.5. The summed E-state index contributed by atoms with van der Waals surface area (Å²) in [5.41, 5.74) is 5.35. The molecule has 0 radical (unpaired) electrons. The first-order chi connectivity index (χ1) is 13.2.